The van der Waals surface area contributed by atoms with Gasteiger partial charge in [0, 0.05) is 6.54 Å². The maximum atomic E-state index is 5.17. The number of hydrogen-bond donors (Lipinski definition) is 1. The fourth-order valence-corrected chi connectivity index (χ4v) is 2.01. The lowest BCUT2D eigenvalue weighted by atomic mass is 10.1. The van der Waals surface area contributed by atoms with E-state index in [4.69, 9.17) is 6.42 Å². The van der Waals surface area contributed by atoms with Crippen molar-refractivity contribution in [2.75, 3.05) is 6.54 Å². The van der Waals surface area contributed by atoms with E-state index >= 15 is 0 Å². The highest BCUT2D eigenvalue weighted by Gasteiger charge is 2.10. The number of benzene rings is 1. The minimum atomic E-state index is 0.650. The molecule has 1 heteroatoms. The van der Waals surface area contributed by atoms with Gasteiger partial charge >= 0.3 is 0 Å². The van der Waals surface area contributed by atoms with Crippen LogP contribution in [-0.2, 0) is 19.4 Å². The van der Waals surface area contributed by atoms with E-state index < -0.39 is 0 Å². The number of hydrogen-bond acceptors (Lipinski definition) is 1. The zero-order chi connectivity index (χ0) is 9.80. The minimum absolute atomic E-state index is 0.650. The van der Waals surface area contributed by atoms with Crippen LogP contribution in [0.4, 0.5) is 0 Å². The molecule has 1 aliphatic rings. The van der Waals surface area contributed by atoms with Gasteiger partial charge in [0.25, 0.3) is 0 Å². The summed E-state index contributed by atoms with van der Waals surface area (Å²) in [5.41, 5.74) is 4.41. The standard InChI is InChI=1S/C13H15N/c1-2-8-14-10-11-6-7-12-4-3-5-13(12)9-11/h1,6-7,9,14H,3-5,8,10H2. The third-order valence-corrected chi connectivity index (χ3v) is 2.72. The first kappa shape index (κ1) is 9.30. The van der Waals surface area contributed by atoms with Gasteiger partial charge in [-0.05, 0) is 36.0 Å². The zero-order valence-electron chi connectivity index (χ0n) is 8.34. The summed E-state index contributed by atoms with van der Waals surface area (Å²) in [5.74, 6) is 2.58. The van der Waals surface area contributed by atoms with E-state index in [-0.39, 0.29) is 0 Å². The molecule has 0 heterocycles. The van der Waals surface area contributed by atoms with Gasteiger partial charge in [0.1, 0.15) is 0 Å². The molecule has 0 saturated carbocycles. The third kappa shape index (κ3) is 1.97. The molecule has 72 valence electrons. The first-order valence-electron chi connectivity index (χ1n) is 5.15. The van der Waals surface area contributed by atoms with Crippen molar-refractivity contribution in [1.82, 2.24) is 5.32 Å². The highest BCUT2D eigenvalue weighted by Crippen LogP contribution is 2.22. The van der Waals surface area contributed by atoms with Crippen LogP contribution in [-0.4, -0.2) is 6.54 Å². The molecule has 0 atom stereocenters. The molecule has 0 amide bonds. The second kappa shape index (κ2) is 4.30. The first-order chi connectivity index (χ1) is 6.90. The Labute approximate surface area is 85.5 Å². The summed E-state index contributed by atoms with van der Waals surface area (Å²) < 4.78 is 0. The molecule has 14 heavy (non-hydrogen) atoms. The van der Waals surface area contributed by atoms with Crippen molar-refractivity contribution in [2.24, 2.45) is 0 Å². The average molecular weight is 185 g/mol. The molecule has 0 spiro atoms. The van der Waals surface area contributed by atoms with Gasteiger partial charge in [0.05, 0.1) is 6.54 Å². The van der Waals surface area contributed by atoms with Crippen molar-refractivity contribution in [3.05, 3.63) is 34.9 Å². The van der Waals surface area contributed by atoms with Gasteiger partial charge in [0.15, 0.2) is 0 Å². The highest BCUT2D eigenvalue weighted by molar-refractivity contribution is 5.35. The number of nitrogens with one attached hydrogen (secondary N) is 1. The summed E-state index contributed by atoms with van der Waals surface area (Å²) in [4.78, 5) is 0. The van der Waals surface area contributed by atoms with Crippen LogP contribution in [0.3, 0.4) is 0 Å². The molecule has 0 radical (unpaired) electrons. The Morgan fingerprint density at radius 3 is 3.00 bits per heavy atom. The molecule has 0 bridgehead atoms. The zero-order valence-corrected chi connectivity index (χ0v) is 8.34. The van der Waals surface area contributed by atoms with Crippen molar-refractivity contribution < 1.29 is 0 Å². The Bertz CT molecular complexity index is 360. The Morgan fingerprint density at radius 2 is 2.14 bits per heavy atom. The maximum Gasteiger partial charge on any atom is 0.0576 e. The fraction of sp³-hybridized carbons (Fsp3) is 0.385. The van der Waals surface area contributed by atoms with Gasteiger partial charge in [-0.25, -0.2) is 0 Å². The lowest BCUT2D eigenvalue weighted by Crippen LogP contribution is -2.13. The van der Waals surface area contributed by atoms with E-state index in [9.17, 15) is 0 Å². The number of terminal acetylenes is 1. The Morgan fingerprint density at radius 1 is 1.29 bits per heavy atom. The fourth-order valence-electron chi connectivity index (χ4n) is 2.01. The molecule has 0 aliphatic heterocycles. The van der Waals surface area contributed by atoms with Crippen molar-refractivity contribution in [2.45, 2.75) is 25.8 Å². The van der Waals surface area contributed by atoms with Crippen LogP contribution in [0.1, 0.15) is 23.1 Å². The smallest absolute Gasteiger partial charge is 0.0576 e. The van der Waals surface area contributed by atoms with Gasteiger partial charge in [-0.3, -0.25) is 0 Å². The minimum Gasteiger partial charge on any atom is -0.302 e. The van der Waals surface area contributed by atoms with Gasteiger partial charge < -0.3 is 5.32 Å². The van der Waals surface area contributed by atoms with E-state index in [1.54, 1.807) is 0 Å². The van der Waals surface area contributed by atoms with E-state index in [0.29, 0.717) is 6.54 Å². The largest absolute Gasteiger partial charge is 0.302 e. The Kier molecular flexibility index (Phi) is 2.86. The first-order valence-corrected chi connectivity index (χ1v) is 5.15. The summed E-state index contributed by atoms with van der Waals surface area (Å²) >= 11 is 0. The lowest BCUT2D eigenvalue weighted by molar-refractivity contribution is 0.769. The van der Waals surface area contributed by atoms with E-state index in [0.717, 1.165) is 6.54 Å². The van der Waals surface area contributed by atoms with Gasteiger partial charge in [-0.1, -0.05) is 24.1 Å². The van der Waals surface area contributed by atoms with E-state index in [1.165, 1.54) is 36.0 Å². The highest BCUT2D eigenvalue weighted by atomic mass is 14.8. The third-order valence-electron chi connectivity index (χ3n) is 2.72. The van der Waals surface area contributed by atoms with Crippen molar-refractivity contribution in [1.29, 1.82) is 0 Å². The average Bonchev–Trinajstić information content (AvgIpc) is 2.65. The van der Waals surface area contributed by atoms with Crippen LogP contribution in [0, 0.1) is 12.3 Å². The molecule has 1 aromatic rings. The summed E-state index contributed by atoms with van der Waals surface area (Å²) in [7, 11) is 0. The second-order valence-electron chi connectivity index (χ2n) is 3.76. The molecule has 1 N–H and O–H groups in total. The van der Waals surface area contributed by atoms with Crippen LogP contribution in [0.15, 0.2) is 18.2 Å². The maximum absolute atomic E-state index is 5.17. The van der Waals surface area contributed by atoms with Crippen molar-refractivity contribution in [3.8, 4) is 12.3 Å². The van der Waals surface area contributed by atoms with Crippen LogP contribution in [0.2, 0.25) is 0 Å². The number of rotatable bonds is 3. The second-order valence-corrected chi connectivity index (χ2v) is 3.76. The van der Waals surface area contributed by atoms with Crippen LogP contribution in [0.5, 0.6) is 0 Å². The van der Waals surface area contributed by atoms with Crippen molar-refractivity contribution in [3.63, 3.8) is 0 Å². The van der Waals surface area contributed by atoms with Gasteiger partial charge in [-0.2, -0.15) is 0 Å². The summed E-state index contributed by atoms with van der Waals surface area (Å²) in [6.45, 7) is 1.54. The predicted octanol–water partition coefficient (Wildman–Crippen LogP) is 1.90. The monoisotopic (exact) mass is 185 g/mol. The molecule has 0 fully saturated rings. The molecule has 1 aromatic carbocycles. The van der Waals surface area contributed by atoms with E-state index in [2.05, 4.69) is 29.4 Å². The number of fused-ring (bicyclic) bond motifs is 1. The molecular formula is C13H15N. The van der Waals surface area contributed by atoms with Crippen LogP contribution in [0.25, 0.3) is 0 Å². The summed E-state index contributed by atoms with van der Waals surface area (Å²) in [5, 5.41) is 3.21. The van der Waals surface area contributed by atoms with Crippen LogP contribution < -0.4 is 5.32 Å². The quantitative estimate of drug-likeness (QED) is 0.560. The number of aryl methyl sites for hydroxylation is 2. The molecule has 2 rings (SSSR count). The Balaban J connectivity index is 2.02. The van der Waals surface area contributed by atoms with Crippen LogP contribution >= 0.6 is 0 Å². The summed E-state index contributed by atoms with van der Waals surface area (Å²) in [6, 6.07) is 6.77. The van der Waals surface area contributed by atoms with E-state index in [1.807, 2.05) is 0 Å². The van der Waals surface area contributed by atoms with Gasteiger partial charge in [0.2, 0.25) is 0 Å². The predicted molar refractivity (Wildman–Crippen MR) is 59.0 cm³/mol. The molecule has 0 aromatic heterocycles. The summed E-state index contributed by atoms with van der Waals surface area (Å²) in [6.07, 6.45) is 8.99. The Hall–Kier alpha value is -1.26. The molecule has 0 saturated heterocycles. The SMILES string of the molecule is C#CCNCc1ccc2c(c1)CCC2. The molecule has 1 nitrogen and oxygen atoms in total. The molecule has 0 unspecified atom stereocenters. The van der Waals surface area contributed by atoms with Crippen molar-refractivity contribution >= 4 is 0 Å². The lowest BCUT2D eigenvalue weighted by Gasteiger charge is -2.04. The normalized spacial score (nSPS) is 13.6. The molecule has 1 aliphatic carbocycles. The topological polar surface area (TPSA) is 12.0 Å². The van der Waals surface area contributed by atoms with Gasteiger partial charge in [-0.15, -0.1) is 6.42 Å². The molecular weight excluding hydrogens is 170 g/mol.